The van der Waals surface area contributed by atoms with Gasteiger partial charge in [-0.25, -0.2) is 0 Å². The molecule has 1 heterocycles. The third-order valence-corrected chi connectivity index (χ3v) is 6.56. The van der Waals surface area contributed by atoms with Crippen LogP contribution in [0.15, 0.2) is 78.9 Å². The van der Waals surface area contributed by atoms with E-state index < -0.39 is 24.3 Å². The van der Waals surface area contributed by atoms with Crippen molar-refractivity contribution in [2.45, 2.75) is 58.0 Å². The molecule has 1 amide bonds. The van der Waals surface area contributed by atoms with Crippen LogP contribution in [0.4, 0.5) is 5.69 Å². The highest BCUT2D eigenvalue weighted by atomic mass is 16.7. The number of anilines is 1. The van der Waals surface area contributed by atoms with E-state index in [-0.39, 0.29) is 18.8 Å². The van der Waals surface area contributed by atoms with Crippen molar-refractivity contribution >= 4 is 17.6 Å². The predicted molar refractivity (Wildman–Crippen MR) is 147 cm³/mol. The zero-order chi connectivity index (χ0) is 27.8. The molecule has 39 heavy (non-hydrogen) atoms. The maximum atomic E-state index is 12.5. The number of carbonyl (C=O) groups is 2. The highest BCUT2D eigenvalue weighted by Gasteiger charge is 2.33. The van der Waals surface area contributed by atoms with Crippen molar-refractivity contribution in [3.05, 3.63) is 101 Å². The Bertz CT molecular complexity index is 1230. The van der Waals surface area contributed by atoms with E-state index in [1.165, 1.54) is 19.4 Å². The minimum absolute atomic E-state index is 0.0148. The maximum Gasteiger partial charge on any atom is 0.303 e. The van der Waals surface area contributed by atoms with Gasteiger partial charge in [-0.05, 0) is 42.8 Å². The first-order chi connectivity index (χ1) is 18.8. The van der Waals surface area contributed by atoms with Crippen molar-refractivity contribution in [2.75, 3.05) is 18.9 Å². The van der Waals surface area contributed by atoms with Crippen LogP contribution < -0.4 is 5.32 Å². The van der Waals surface area contributed by atoms with Crippen molar-refractivity contribution in [1.82, 2.24) is 4.90 Å². The Kier molecular flexibility index (Phi) is 9.84. The SMILES string of the molecule is CC(=O)OC(C)C(=O)Nc1cccc(C2OC(CN(C)Cc3ccccc3)CC(c3ccc(CO)cc3)O2)c1. The molecular formula is C31H36N2O6. The van der Waals surface area contributed by atoms with E-state index in [4.69, 9.17) is 14.2 Å². The van der Waals surface area contributed by atoms with E-state index in [1.54, 1.807) is 6.07 Å². The monoisotopic (exact) mass is 532 g/mol. The third-order valence-electron chi connectivity index (χ3n) is 6.56. The predicted octanol–water partition coefficient (Wildman–Crippen LogP) is 4.75. The number of amides is 1. The van der Waals surface area contributed by atoms with Gasteiger partial charge in [0.05, 0.1) is 18.8 Å². The Balaban J connectivity index is 1.51. The summed E-state index contributed by atoms with van der Waals surface area (Å²) in [7, 11) is 2.08. The number of benzene rings is 3. The lowest BCUT2D eigenvalue weighted by Crippen LogP contribution is -2.37. The lowest BCUT2D eigenvalue weighted by atomic mass is 9.99. The van der Waals surface area contributed by atoms with Crippen LogP contribution in [-0.2, 0) is 37.0 Å². The molecule has 3 aromatic rings. The molecule has 8 nitrogen and oxygen atoms in total. The lowest BCUT2D eigenvalue weighted by Gasteiger charge is -2.38. The molecule has 8 heteroatoms. The second-order valence-corrected chi connectivity index (χ2v) is 9.90. The molecule has 1 fully saturated rings. The van der Waals surface area contributed by atoms with Crippen LogP contribution in [0.1, 0.15) is 54.9 Å². The van der Waals surface area contributed by atoms with Gasteiger partial charge in [-0.2, -0.15) is 0 Å². The number of carbonyl (C=O) groups excluding carboxylic acids is 2. The van der Waals surface area contributed by atoms with Gasteiger partial charge in [0.1, 0.15) is 0 Å². The third kappa shape index (κ3) is 8.21. The van der Waals surface area contributed by atoms with Crippen LogP contribution in [0.5, 0.6) is 0 Å². The number of likely N-dealkylation sites (N-methyl/N-ethyl adjacent to an activating group) is 1. The molecule has 4 unspecified atom stereocenters. The minimum atomic E-state index is -0.913. The van der Waals surface area contributed by atoms with Gasteiger partial charge in [0.15, 0.2) is 12.4 Å². The van der Waals surface area contributed by atoms with Crippen molar-refractivity contribution in [3.63, 3.8) is 0 Å². The average molecular weight is 533 g/mol. The number of aliphatic hydroxyl groups excluding tert-OH is 1. The summed E-state index contributed by atoms with van der Waals surface area (Å²) >= 11 is 0. The molecule has 0 spiro atoms. The first kappa shape index (κ1) is 28.4. The highest BCUT2D eigenvalue weighted by molar-refractivity contribution is 5.95. The topological polar surface area (TPSA) is 97.3 Å². The molecule has 0 saturated carbocycles. The van der Waals surface area contributed by atoms with Gasteiger partial charge in [0.2, 0.25) is 0 Å². The van der Waals surface area contributed by atoms with Crippen LogP contribution in [0, 0.1) is 0 Å². The van der Waals surface area contributed by atoms with Crippen LogP contribution in [0.3, 0.4) is 0 Å². The molecule has 4 atom stereocenters. The van der Waals surface area contributed by atoms with Gasteiger partial charge in [-0.3, -0.25) is 14.5 Å². The van der Waals surface area contributed by atoms with E-state index in [1.807, 2.05) is 60.7 Å². The number of esters is 1. The van der Waals surface area contributed by atoms with Crippen molar-refractivity contribution in [1.29, 1.82) is 0 Å². The lowest BCUT2D eigenvalue weighted by molar-refractivity contribution is -0.252. The average Bonchev–Trinajstić information content (AvgIpc) is 2.93. The second-order valence-electron chi connectivity index (χ2n) is 9.90. The van der Waals surface area contributed by atoms with E-state index in [0.29, 0.717) is 18.7 Å². The minimum Gasteiger partial charge on any atom is -0.453 e. The number of nitrogens with one attached hydrogen (secondary N) is 1. The van der Waals surface area contributed by atoms with Gasteiger partial charge in [0, 0.05) is 37.7 Å². The molecule has 0 aromatic heterocycles. The normalized spacial score (nSPS) is 19.9. The fraction of sp³-hybridized carbons (Fsp3) is 0.355. The summed E-state index contributed by atoms with van der Waals surface area (Å²) in [6.45, 7) is 4.28. The Labute approximate surface area is 229 Å². The summed E-state index contributed by atoms with van der Waals surface area (Å²) < 4.78 is 17.9. The summed E-state index contributed by atoms with van der Waals surface area (Å²) in [4.78, 5) is 25.9. The van der Waals surface area contributed by atoms with Crippen LogP contribution >= 0.6 is 0 Å². The van der Waals surface area contributed by atoms with E-state index >= 15 is 0 Å². The van der Waals surface area contributed by atoms with E-state index in [2.05, 4.69) is 29.4 Å². The summed E-state index contributed by atoms with van der Waals surface area (Å²) in [5.41, 5.74) is 4.39. The van der Waals surface area contributed by atoms with Gasteiger partial charge in [-0.1, -0.05) is 66.7 Å². The molecular weight excluding hydrogens is 496 g/mol. The number of ether oxygens (including phenoxy) is 3. The number of aliphatic hydroxyl groups is 1. The Hall–Kier alpha value is -3.56. The summed E-state index contributed by atoms with van der Waals surface area (Å²) in [5.74, 6) is -0.938. The van der Waals surface area contributed by atoms with E-state index in [9.17, 15) is 14.7 Å². The molecule has 2 N–H and O–H groups in total. The molecule has 1 saturated heterocycles. The van der Waals surface area contributed by atoms with Crippen LogP contribution in [-0.4, -0.2) is 47.7 Å². The zero-order valence-electron chi connectivity index (χ0n) is 22.6. The van der Waals surface area contributed by atoms with Gasteiger partial charge < -0.3 is 24.6 Å². The summed E-state index contributed by atoms with van der Waals surface area (Å²) in [6, 6.07) is 25.4. The zero-order valence-corrected chi connectivity index (χ0v) is 22.6. The van der Waals surface area contributed by atoms with Gasteiger partial charge in [0.25, 0.3) is 5.91 Å². The number of hydrogen-bond donors (Lipinski definition) is 2. The maximum absolute atomic E-state index is 12.5. The number of rotatable bonds is 10. The molecule has 0 aliphatic carbocycles. The molecule has 0 radical (unpaired) electrons. The van der Waals surface area contributed by atoms with Gasteiger partial charge in [-0.15, -0.1) is 0 Å². The van der Waals surface area contributed by atoms with Crippen LogP contribution in [0.2, 0.25) is 0 Å². The highest BCUT2D eigenvalue weighted by Crippen LogP contribution is 2.38. The number of hydrogen-bond acceptors (Lipinski definition) is 7. The molecule has 0 bridgehead atoms. The van der Waals surface area contributed by atoms with Crippen molar-refractivity contribution in [3.8, 4) is 0 Å². The molecule has 3 aromatic carbocycles. The first-order valence-electron chi connectivity index (χ1n) is 13.1. The fourth-order valence-corrected chi connectivity index (χ4v) is 4.65. The Morgan fingerprint density at radius 1 is 1.00 bits per heavy atom. The molecule has 206 valence electrons. The molecule has 4 rings (SSSR count). The Morgan fingerprint density at radius 3 is 2.44 bits per heavy atom. The summed E-state index contributed by atoms with van der Waals surface area (Å²) in [6.07, 6.45) is -1.22. The van der Waals surface area contributed by atoms with Crippen molar-refractivity contribution in [2.24, 2.45) is 0 Å². The molecule has 1 aliphatic rings. The first-order valence-corrected chi connectivity index (χ1v) is 13.1. The largest absolute Gasteiger partial charge is 0.453 e. The quantitative estimate of drug-likeness (QED) is 0.364. The number of nitrogens with zero attached hydrogens (tertiary/aromatic N) is 1. The second kappa shape index (κ2) is 13.5. The molecule has 1 aliphatic heterocycles. The van der Waals surface area contributed by atoms with E-state index in [0.717, 1.165) is 23.2 Å². The van der Waals surface area contributed by atoms with Crippen molar-refractivity contribution < 1.29 is 28.9 Å². The van der Waals surface area contributed by atoms with Crippen LogP contribution in [0.25, 0.3) is 0 Å². The fourth-order valence-electron chi connectivity index (χ4n) is 4.65. The Morgan fingerprint density at radius 2 is 1.74 bits per heavy atom. The summed E-state index contributed by atoms with van der Waals surface area (Å²) in [5, 5.41) is 12.2. The van der Waals surface area contributed by atoms with Gasteiger partial charge >= 0.3 is 5.97 Å². The smallest absolute Gasteiger partial charge is 0.303 e. The standard InChI is InChI=1S/C31H36N2O6/c1-21(37-22(2)35)30(36)32-27-11-7-10-26(16-27)31-38-28(19-33(3)18-23-8-5-4-6-9-23)17-29(39-31)25-14-12-24(20-34)13-15-25/h4-16,21,28-29,31,34H,17-20H2,1-3H3,(H,32,36).